The van der Waals surface area contributed by atoms with Gasteiger partial charge in [0.25, 0.3) is 0 Å². The summed E-state index contributed by atoms with van der Waals surface area (Å²) in [6, 6.07) is 10.6. The van der Waals surface area contributed by atoms with E-state index < -0.39 is 0 Å². The highest BCUT2D eigenvalue weighted by Crippen LogP contribution is 2.43. The first-order valence-corrected chi connectivity index (χ1v) is 9.14. The number of nitriles is 1. The van der Waals surface area contributed by atoms with Gasteiger partial charge in [-0.3, -0.25) is 5.10 Å². The van der Waals surface area contributed by atoms with E-state index in [-0.39, 0.29) is 11.8 Å². The van der Waals surface area contributed by atoms with Crippen molar-refractivity contribution in [2.24, 2.45) is 5.73 Å². The second-order valence-corrected chi connectivity index (χ2v) is 6.36. The summed E-state index contributed by atoms with van der Waals surface area (Å²) in [5, 5.41) is 17.0. The molecule has 6 heteroatoms. The molecule has 0 amide bonds. The molecular weight excluding hydrogens is 326 g/mol. The molecule has 0 bridgehead atoms. The molecule has 136 valence electrons. The fourth-order valence-corrected chi connectivity index (χ4v) is 3.55. The lowest BCUT2D eigenvalue weighted by molar-refractivity contribution is 0.378. The van der Waals surface area contributed by atoms with Crippen molar-refractivity contribution in [3.05, 3.63) is 52.5 Å². The molecule has 0 spiro atoms. The topological polar surface area (TPSA) is 91.0 Å². The number of aromatic amines is 1. The molecule has 0 radical (unpaired) electrons. The van der Waals surface area contributed by atoms with Crippen molar-refractivity contribution < 1.29 is 4.74 Å². The molecule has 1 aliphatic rings. The maximum Gasteiger partial charge on any atom is 0.244 e. The van der Waals surface area contributed by atoms with Gasteiger partial charge in [0.1, 0.15) is 11.6 Å². The largest absolute Gasteiger partial charge is 0.420 e. The van der Waals surface area contributed by atoms with E-state index in [9.17, 15) is 5.26 Å². The van der Waals surface area contributed by atoms with Crippen LogP contribution in [0.3, 0.4) is 0 Å². The first kappa shape index (κ1) is 17.9. The van der Waals surface area contributed by atoms with Crippen LogP contribution in [0.1, 0.15) is 49.9 Å². The van der Waals surface area contributed by atoms with Crippen molar-refractivity contribution in [3.8, 4) is 11.9 Å². The molecule has 3 rings (SSSR count). The summed E-state index contributed by atoms with van der Waals surface area (Å²) in [7, 11) is 0. The Labute approximate surface area is 154 Å². The van der Waals surface area contributed by atoms with Gasteiger partial charge in [-0.15, -0.1) is 5.10 Å². The molecule has 6 nitrogen and oxygen atoms in total. The molecule has 1 atom stereocenters. The standard InChI is InChI=1S/C20H25N5O/c1-4-7-16-18-17(15(12-21)19(22)26-20(18)24-23-16)13-8-10-14(11-9-13)25(5-2)6-3/h8-11,17H,4-7,22H2,1-3H3,(H,23,24)/t17-/m1/s1. The van der Waals surface area contributed by atoms with Gasteiger partial charge in [0.15, 0.2) is 0 Å². The first-order chi connectivity index (χ1) is 12.6. The number of hydrogen-bond donors (Lipinski definition) is 2. The van der Waals surface area contributed by atoms with Gasteiger partial charge in [-0.1, -0.05) is 25.5 Å². The van der Waals surface area contributed by atoms with Gasteiger partial charge in [-0.25, -0.2) is 0 Å². The predicted octanol–water partition coefficient (Wildman–Crippen LogP) is 3.43. The van der Waals surface area contributed by atoms with Crippen molar-refractivity contribution in [3.63, 3.8) is 0 Å². The van der Waals surface area contributed by atoms with Crippen LogP contribution in [-0.4, -0.2) is 23.3 Å². The van der Waals surface area contributed by atoms with E-state index in [0.29, 0.717) is 11.5 Å². The minimum absolute atomic E-state index is 0.132. The van der Waals surface area contributed by atoms with E-state index >= 15 is 0 Å². The number of ether oxygens (including phenoxy) is 1. The number of nitrogens with two attached hydrogens (primary N) is 1. The van der Waals surface area contributed by atoms with E-state index in [1.807, 2.05) is 0 Å². The summed E-state index contributed by atoms with van der Waals surface area (Å²) in [5.74, 6) is 0.352. The fraction of sp³-hybridized carbons (Fsp3) is 0.400. The van der Waals surface area contributed by atoms with Gasteiger partial charge in [0, 0.05) is 30.0 Å². The normalized spacial score (nSPS) is 16.0. The van der Waals surface area contributed by atoms with Crippen LogP contribution in [0.2, 0.25) is 0 Å². The van der Waals surface area contributed by atoms with E-state index in [1.165, 1.54) is 5.69 Å². The van der Waals surface area contributed by atoms with Crippen molar-refractivity contribution >= 4 is 5.69 Å². The molecule has 1 aromatic carbocycles. The second-order valence-electron chi connectivity index (χ2n) is 6.36. The SMILES string of the molecule is CCCc1[nH]nc2c1[C@H](c1ccc(N(CC)CC)cc1)C(C#N)=C(N)O2. The summed E-state index contributed by atoms with van der Waals surface area (Å²) in [6.45, 7) is 8.30. The van der Waals surface area contributed by atoms with Gasteiger partial charge in [0.2, 0.25) is 11.8 Å². The van der Waals surface area contributed by atoms with Gasteiger partial charge in [-0.05, 0) is 38.0 Å². The minimum atomic E-state index is -0.255. The highest BCUT2D eigenvalue weighted by Gasteiger charge is 2.34. The van der Waals surface area contributed by atoms with E-state index in [4.69, 9.17) is 10.5 Å². The summed E-state index contributed by atoms with van der Waals surface area (Å²) >= 11 is 0. The number of aryl methyl sites for hydroxylation is 1. The Morgan fingerprint density at radius 2 is 1.92 bits per heavy atom. The predicted molar refractivity (Wildman–Crippen MR) is 102 cm³/mol. The molecule has 0 aliphatic carbocycles. The molecule has 2 heterocycles. The smallest absolute Gasteiger partial charge is 0.244 e. The van der Waals surface area contributed by atoms with Crippen LogP contribution in [0.4, 0.5) is 5.69 Å². The van der Waals surface area contributed by atoms with Crippen LogP contribution in [0.5, 0.6) is 5.88 Å². The number of aromatic nitrogens is 2. The average molecular weight is 351 g/mol. The number of H-pyrrole nitrogens is 1. The summed E-state index contributed by atoms with van der Waals surface area (Å²) in [6.07, 6.45) is 1.82. The van der Waals surface area contributed by atoms with Crippen LogP contribution < -0.4 is 15.4 Å². The van der Waals surface area contributed by atoms with E-state index in [2.05, 4.69) is 66.2 Å². The third-order valence-electron chi connectivity index (χ3n) is 4.87. The van der Waals surface area contributed by atoms with E-state index in [0.717, 1.165) is 42.8 Å². The number of nitrogens with zero attached hydrogens (tertiary/aromatic N) is 3. The third kappa shape index (κ3) is 3.01. The van der Waals surface area contributed by atoms with Gasteiger partial charge >= 0.3 is 0 Å². The maximum atomic E-state index is 9.69. The quantitative estimate of drug-likeness (QED) is 0.832. The molecule has 1 aromatic heterocycles. The lowest BCUT2D eigenvalue weighted by atomic mass is 9.83. The van der Waals surface area contributed by atoms with Crippen molar-refractivity contribution in [1.29, 1.82) is 5.26 Å². The number of rotatable bonds is 6. The third-order valence-corrected chi connectivity index (χ3v) is 4.87. The average Bonchev–Trinajstić information content (AvgIpc) is 3.05. The Hall–Kier alpha value is -2.94. The van der Waals surface area contributed by atoms with Crippen LogP contribution in [0.15, 0.2) is 35.7 Å². The molecular formula is C20H25N5O. The number of allylic oxidation sites excluding steroid dienone is 1. The molecule has 2 aromatic rings. The van der Waals surface area contributed by atoms with Gasteiger partial charge in [-0.2, -0.15) is 5.26 Å². The Bertz CT molecular complexity index is 840. The van der Waals surface area contributed by atoms with Crippen LogP contribution >= 0.6 is 0 Å². The van der Waals surface area contributed by atoms with Crippen LogP contribution in [-0.2, 0) is 6.42 Å². The Balaban J connectivity index is 2.07. The summed E-state index contributed by atoms with van der Waals surface area (Å²) < 4.78 is 5.60. The zero-order chi connectivity index (χ0) is 18.7. The molecule has 0 unspecified atom stereocenters. The molecule has 0 saturated heterocycles. The maximum absolute atomic E-state index is 9.69. The molecule has 1 aliphatic heterocycles. The number of fused-ring (bicyclic) bond motifs is 1. The van der Waals surface area contributed by atoms with Crippen LogP contribution in [0, 0.1) is 11.3 Å². The monoisotopic (exact) mass is 351 g/mol. The minimum Gasteiger partial charge on any atom is -0.420 e. The molecule has 26 heavy (non-hydrogen) atoms. The number of hydrogen-bond acceptors (Lipinski definition) is 5. The molecule has 3 N–H and O–H groups in total. The van der Waals surface area contributed by atoms with Crippen molar-refractivity contribution in [1.82, 2.24) is 10.2 Å². The molecule has 0 saturated carbocycles. The number of nitrogens with one attached hydrogen (secondary N) is 1. The number of anilines is 1. The van der Waals surface area contributed by atoms with Crippen LogP contribution in [0.25, 0.3) is 0 Å². The second kappa shape index (κ2) is 7.52. The van der Waals surface area contributed by atoms with Crippen molar-refractivity contribution in [2.75, 3.05) is 18.0 Å². The Kier molecular flexibility index (Phi) is 5.17. The Morgan fingerprint density at radius 1 is 1.23 bits per heavy atom. The summed E-state index contributed by atoms with van der Waals surface area (Å²) in [4.78, 5) is 2.29. The zero-order valence-electron chi connectivity index (χ0n) is 15.5. The first-order valence-electron chi connectivity index (χ1n) is 9.14. The Morgan fingerprint density at radius 3 is 2.50 bits per heavy atom. The number of benzene rings is 1. The summed E-state index contributed by atoms with van der Waals surface area (Å²) in [5.41, 5.74) is 10.6. The zero-order valence-corrected chi connectivity index (χ0v) is 15.5. The van der Waals surface area contributed by atoms with Gasteiger partial charge < -0.3 is 15.4 Å². The lowest BCUT2D eigenvalue weighted by Crippen LogP contribution is -2.22. The van der Waals surface area contributed by atoms with E-state index in [1.54, 1.807) is 0 Å². The highest BCUT2D eigenvalue weighted by atomic mass is 16.5. The lowest BCUT2D eigenvalue weighted by Gasteiger charge is -2.25. The van der Waals surface area contributed by atoms with Gasteiger partial charge in [0.05, 0.1) is 5.92 Å². The van der Waals surface area contributed by atoms with Crippen molar-refractivity contribution in [2.45, 2.75) is 39.5 Å². The highest BCUT2D eigenvalue weighted by molar-refractivity contribution is 5.57. The fourth-order valence-electron chi connectivity index (χ4n) is 3.55. The molecule has 0 fully saturated rings.